The van der Waals surface area contributed by atoms with Crippen LogP contribution >= 0.6 is 34.2 Å². The lowest BCUT2D eigenvalue weighted by Gasteiger charge is -2.09. The molecule has 0 fully saturated rings. The number of amides is 1. The fourth-order valence-corrected chi connectivity index (χ4v) is 2.58. The minimum absolute atomic E-state index is 0.145. The summed E-state index contributed by atoms with van der Waals surface area (Å²) in [7, 11) is 0. The number of rotatable bonds is 3. The minimum atomic E-state index is -0.145. The van der Waals surface area contributed by atoms with Crippen molar-refractivity contribution in [2.45, 2.75) is 13.8 Å². The van der Waals surface area contributed by atoms with Crippen molar-refractivity contribution >= 4 is 51.9 Å². The van der Waals surface area contributed by atoms with E-state index in [1.165, 1.54) is 9.65 Å². The number of hydrogen-bond donors (Lipinski definition) is 1. The molecule has 0 atom stereocenters. The summed E-state index contributed by atoms with van der Waals surface area (Å²) in [5.41, 5.74) is 3.99. The SMILES string of the molecule is Cc1cc(NC(=O)/C=C/c2ccc(Cl)cc2)c(C)cc1I. The molecule has 0 aliphatic heterocycles. The van der Waals surface area contributed by atoms with Crippen molar-refractivity contribution in [2.24, 2.45) is 0 Å². The Morgan fingerprint density at radius 2 is 1.81 bits per heavy atom. The van der Waals surface area contributed by atoms with Gasteiger partial charge in [0.05, 0.1) is 0 Å². The van der Waals surface area contributed by atoms with Gasteiger partial charge in [-0.25, -0.2) is 0 Å². The number of benzene rings is 2. The third-order valence-corrected chi connectivity index (χ3v) is 4.47. The molecule has 0 saturated heterocycles. The number of carbonyl (C=O) groups excluding carboxylic acids is 1. The first-order chi connectivity index (χ1) is 9.95. The molecule has 0 unspecified atom stereocenters. The quantitative estimate of drug-likeness (QED) is 0.545. The van der Waals surface area contributed by atoms with Crippen LogP contribution in [0.2, 0.25) is 5.02 Å². The van der Waals surface area contributed by atoms with E-state index >= 15 is 0 Å². The first-order valence-electron chi connectivity index (χ1n) is 6.47. The summed E-state index contributed by atoms with van der Waals surface area (Å²) in [5.74, 6) is -0.145. The lowest BCUT2D eigenvalue weighted by molar-refractivity contribution is -0.111. The standard InChI is InChI=1S/C17H15ClINO/c1-11-10-16(12(2)9-15(11)19)20-17(21)8-5-13-3-6-14(18)7-4-13/h3-10H,1-2H3,(H,20,21)/b8-5+. The molecule has 1 N–H and O–H groups in total. The van der Waals surface area contributed by atoms with Crippen LogP contribution in [0.15, 0.2) is 42.5 Å². The van der Waals surface area contributed by atoms with Gasteiger partial charge in [0.25, 0.3) is 0 Å². The van der Waals surface area contributed by atoms with E-state index in [0.717, 1.165) is 22.4 Å². The largest absolute Gasteiger partial charge is 0.322 e. The normalized spacial score (nSPS) is 10.9. The van der Waals surface area contributed by atoms with Gasteiger partial charge < -0.3 is 5.32 Å². The molecule has 0 aliphatic rings. The highest BCUT2D eigenvalue weighted by atomic mass is 127. The van der Waals surface area contributed by atoms with Crippen molar-refractivity contribution < 1.29 is 4.79 Å². The molecular weight excluding hydrogens is 397 g/mol. The topological polar surface area (TPSA) is 29.1 Å². The number of nitrogens with one attached hydrogen (secondary N) is 1. The molecule has 108 valence electrons. The van der Waals surface area contributed by atoms with Crippen LogP contribution in [0.4, 0.5) is 5.69 Å². The van der Waals surface area contributed by atoms with E-state index in [-0.39, 0.29) is 5.91 Å². The Morgan fingerprint density at radius 1 is 1.14 bits per heavy atom. The number of anilines is 1. The maximum absolute atomic E-state index is 12.0. The van der Waals surface area contributed by atoms with Crippen molar-refractivity contribution in [1.82, 2.24) is 0 Å². The second-order valence-electron chi connectivity index (χ2n) is 4.79. The molecule has 2 nitrogen and oxygen atoms in total. The maximum atomic E-state index is 12.0. The summed E-state index contributed by atoms with van der Waals surface area (Å²) in [6.07, 6.45) is 3.29. The van der Waals surface area contributed by atoms with Gasteiger partial charge in [0, 0.05) is 20.4 Å². The molecule has 0 radical (unpaired) electrons. The average molecular weight is 412 g/mol. The van der Waals surface area contributed by atoms with E-state index in [0.29, 0.717) is 5.02 Å². The van der Waals surface area contributed by atoms with E-state index in [1.54, 1.807) is 18.2 Å². The van der Waals surface area contributed by atoms with Gasteiger partial charge in [-0.15, -0.1) is 0 Å². The van der Waals surface area contributed by atoms with E-state index in [1.807, 2.05) is 32.0 Å². The molecule has 2 aromatic rings. The second-order valence-corrected chi connectivity index (χ2v) is 6.39. The van der Waals surface area contributed by atoms with Gasteiger partial charge in [0.15, 0.2) is 0 Å². The molecule has 21 heavy (non-hydrogen) atoms. The first kappa shape index (κ1) is 16.0. The Balaban J connectivity index is 2.08. The van der Waals surface area contributed by atoms with Gasteiger partial charge in [-0.3, -0.25) is 4.79 Å². The number of hydrogen-bond acceptors (Lipinski definition) is 1. The second kappa shape index (κ2) is 7.09. The van der Waals surface area contributed by atoms with Crippen molar-refractivity contribution in [3.8, 4) is 0 Å². The van der Waals surface area contributed by atoms with E-state index in [2.05, 4.69) is 34.0 Å². The van der Waals surface area contributed by atoms with Crippen LogP contribution < -0.4 is 5.32 Å². The van der Waals surface area contributed by atoms with Crippen molar-refractivity contribution in [2.75, 3.05) is 5.32 Å². The molecule has 2 rings (SSSR count). The van der Waals surface area contributed by atoms with Crippen LogP contribution in [-0.4, -0.2) is 5.91 Å². The van der Waals surface area contributed by atoms with Crippen LogP contribution in [0.1, 0.15) is 16.7 Å². The molecule has 0 heterocycles. The lowest BCUT2D eigenvalue weighted by atomic mass is 10.1. The Kier molecular flexibility index (Phi) is 5.42. The third-order valence-electron chi connectivity index (χ3n) is 3.06. The summed E-state index contributed by atoms with van der Waals surface area (Å²) in [6.45, 7) is 4.01. The van der Waals surface area contributed by atoms with E-state index in [9.17, 15) is 4.79 Å². The van der Waals surface area contributed by atoms with Gasteiger partial charge in [-0.05, 0) is 83.5 Å². The first-order valence-corrected chi connectivity index (χ1v) is 7.93. The zero-order chi connectivity index (χ0) is 15.4. The van der Waals surface area contributed by atoms with Gasteiger partial charge in [0.2, 0.25) is 5.91 Å². The fraction of sp³-hybridized carbons (Fsp3) is 0.118. The monoisotopic (exact) mass is 411 g/mol. The van der Waals surface area contributed by atoms with Gasteiger partial charge >= 0.3 is 0 Å². The highest BCUT2D eigenvalue weighted by molar-refractivity contribution is 14.1. The molecule has 0 aromatic heterocycles. The zero-order valence-electron chi connectivity index (χ0n) is 11.8. The van der Waals surface area contributed by atoms with Gasteiger partial charge in [-0.2, -0.15) is 0 Å². The molecule has 1 amide bonds. The Bertz CT molecular complexity index is 693. The molecule has 2 aromatic carbocycles. The number of halogens is 2. The van der Waals surface area contributed by atoms with Crippen molar-refractivity contribution in [3.63, 3.8) is 0 Å². The van der Waals surface area contributed by atoms with Crippen LogP contribution in [0.5, 0.6) is 0 Å². The molecule has 0 aliphatic carbocycles. The number of aryl methyl sites for hydroxylation is 2. The molecule has 0 saturated carbocycles. The van der Waals surface area contributed by atoms with E-state index in [4.69, 9.17) is 11.6 Å². The zero-order valence-corrected chi connectivity index (χ0v) is 14.7. The molecule has 0 spiro atoms. The summed E-state index contributed by atoms with van der Waals surface area (Å²) >= 11 is 8.11. The maximum Gasteiger partial charge on any atom is 0.248 e. The summed E-state index contributed by atoms with van der Waals surface area (Å²) in [5, 5.41) is 3.59. The van der Waals surface area contributed by atoms with Crippen LogP contribution in [0.25, 0.3) is 6.08 Å². The van der Waals surface area contributed by atoms with Gasteiger partial charge in [-0.1, -0.05) is 23.7 Å². The van der Waals surface area contributed by atoms with Crippen LogP contribution in [0.3, 0.4) is 0 Å². The van der Waals surface area contributed by atoms with Crippen molar-refractivity contribution in [1.29, 1.82) is 0 Å². The highest BCUT2D eigenvalue weighted by Crippen LogP contribution is 2.22. The Hall–Kier alpha value is -1.33. The Labute approximate surface area is 143 Å². The smallest absolute Gasteiger partial charge is 0.248 e. The third kappa shape index (κ3) is 4.58. The minimum Gasteiger partial charge on any atom is -0.322 e. The summed E-state index contributed by atoms with van der Waals surface area (Å²) < 4.78 is 1.19. The highest BCUT2D eigenvalue weighted by Gasteiger charge is 2.04. The molecule has 4 heteroatoms. The van der Waals surface area contributed by atoms with Crippen molar-refractivity contribution in [3.05, 3.63) is 67.8 Å². The van der Waals surface area contributed by atoms with E-state index < -0.39 is 0 Å². The summed E-state index contributed by atoms with van der Waals surface area (Å²) in [4.78, 5) is 12.0. The molecule has 0 bridgehead atoms. The van der Waals surface area contributed by atoms with Gasteiger partial charge in [0.1, 0.15) is 0 Å². The fourth-order valence-electron chi connectivity index (χ4n) is 1.84. The predicted octanol–water partition coefficient (Wildman–Crippen LogP) is 5.21. The van der Waals surface area contributed by atoms with Crippen LogP contribution in [-0.2, 0) is 4.79 Å². The number of carbonyl (C=O) groups is 1. The van der Waals surface area contributed by atoms with Crippen LogP contribution in [0, 0.1) is 17.4 Å². The predicted molar refractivity (Wildman–Crippen MR) is 97.7 cm³/mol. The Morgan fingerprint density at radius 3 is 2.48 bits per heavy atom. The lowest BCUT2D eigenvalue weighted by Crippen LogP contribution is -2.09. The summed E-state index contributed by atoms with van der Waals surface area (Å²) in [6, 6.07) is 11.4. The molecular formula is C17H15ClINO. The average Bonchev–Trinajstić information content (AvgIpc) is 2.44.